The monoisotopic (exact) mass is 316 g/mol. The van der Waals surface area contributed by atoms with E-state index in [2.05, 4.69) is 0 Å². The Balaban J connectivity index is 1.91. The Morgan fingerprint density at radius 3 is 2.85 bits per heavy atom. The maximum atomic E-state index is 12.2. The van der Waals surface area contributed by atoms with Gasteiger partial charge in [0.2, 0.25) is 10.0 Å². The van der Waals surface area contributed by atoms with Gasteiger partial charge in [0.05, 0.1) is 12.4 Å². The number of hydrogen-bond acceptors (Lipinski definition) is 5. The number of nitrogens with zero attached hydrogens (tertiary/aromatic N) is 1. The third-order valence-electron chi connectivity index (χ3n) is 3.41. The van der Waals surface area contributed by atoms with Gasteiger partial charge in [-0.3, -0.25) is 0 Å². The zero-order chi connectivity index (χ0) is 14.6. The molecule has 1 aromatic rings. The molecule has 2 rings (SSSR count). The van der Waals surface area contributed by atoms with E-state index in [1.807, 2.05) is 18.2 Å². The number of sulfonamides is 1. The summed E-state index contributed by atoms with van der Waals surface area (Å²) in [6.45, 7) is 0.420. The predicted molar refractivity (Wildman–Crippen MR) is 82.2 cm³/mol. The number of aliphatic hydroxyl groups is 1. The Hall–Kier alpha value is -0.760. The molecule has 7 heteroatoms. The van der Waals surface area contributed by atoms with Crippen LogP contribution in [0.1, 0.15) is 12.8 Å². The molecular formula is C13H20N2O3S2. The first-order valence-electron chi connectivity index (χ1n) is 6.62. The number of thioether (sulfide) groups is 1. The summed E-state index contributed by atoms with van der Waals surface area (Å²) in [4.78, 5) is 0.905. The van der Waals surface area contributed by atoms with E-state index in [9.17, 15) is 13.5 Å². The molecule has 1 atom stereocenters. The summed E-state index contributed by atoms with van der Waals surface area (Å²) in [5.41, 5.74) is 6.49. The van der Waals surface area contributed by atoms with Gasteiger partial charge in [-0.15, -0.1) is 11.8 Å². The molecule has 0 unspecified atom stereocenters. The predicted octanol–water partition coefficient (Wildman–Crippen LogP) is 1.15. The van der Waals surface area contributed by atoms with E-state index < -0.39 is 10.0 Å². The largest absolute Gasteiger partial charge is 0.398 e. The van der Waals surface area contributed by atoms with Crippen molar-refractivity contribution in [3.63, 3.8) is 0 Å². The molecule has 1 aliphatic rings. The van der Waals surface area contributed by atoms with E-state index in [0.29, 0.717) is 18.0 Å². The first kappa shape index (κ1) is 15.6. The molecule has 0 radical (unpaired) electrons. The molecular weight excluding hydrogens is 296 g/mol. The molecule has 1 aromatic carbocycles. The molecule has 112 valence electrons. The summed E-state index contributed by atoms with van der Waals surface area (Å²) < 4.78 is 25.9. The van der Waals surface area contributed by atoms with Crippen LogP contribution in [0, 0.1) is 0 Å². The molecule has 1 aliphatic heterocycles. The summed E-state index contributed by atoms with van der Waals surface area (Å²) >= 11 is 1.45. The van der Waals surface area contributed by atoms with Crippen molar-refractivity contribution >= 4 is 27.5 Å². The third kappa shape index (κ3) is 3.66. The van der Waals surface area contributed by atoms with E-state index in [1.54, 1.807) is 6.07 Å². The van der Waals surface area contributed by atoms with Crippen molar-refractivity contribution in [1.82, 2.24) is 4.31 Å². The number of nitrogen functional groups attached to an aromatic ring is 1. The second kappa shape index (κ2) is 6.80. The number of anilines is 1. The van der Waals surface area contributed by atoms with Crippen LogP contribution in [0.2, 0.25) is 0 Å². The first-order valence-corrected chi connectivity index (χ1v) is 9.22. The minimum atomic E-state index is -3.29. The summed E-state index contributed by atoms with van der Waals surface area (Å²) in [7, 11) is -3.29. The number of nitrogens with two attached hydrogens (primary N) is 1. The maximum absolute atomic E-state index is 12.2. The average Bonchev–Trinajstić information content (AvgIpc) is 2.90. The van der Waals surface area contributed by atoms with E-state index >= 15 is 0 Å². The lowest BCUT2D eigenvalue weighted by atomic mass is 10.2. The highest BCUT2D eigenvalue weighted by molar-refractivity contribution is 8.00. The minimum Gasteiger partial charge on any atom is -0.398 e. The lowest BCUT2D eigenvalue weighted by Crippen LogP contribution is -2.39. The third-order valence-corrected chi connectivity index (χ3v) is 6.67. The van der Waals surface area contributed by atoms with Gasteiger partial charge in [-0.25, -0.2) is 8.42 Å². The van der Waals surface area contributed by atoms with Crippen LogP contribution in [-0.2, 0) is 10.0 Å². The molecule has 0 saturated carbocycles. The lowest BCUT2D eigenvalue weighted by Gasteiger charge is -2.22. The van der Waals surface area contributed by atoms with E-state index in [0.717, 1.165) is 17.7 Å². The van der Waals surface area contributed by atoms with Crippen molar-refractivity contribution in [2.75, 3.05) is 30.4 Å². The van der Waals surface area contributed by atoms with E-state index in [-0.39, 0.29) is 18.4 Å². The van der Waals surface area contributed by atoms with Crippen molar-refractivity contribution in [1.29, 1.82) is 0 Å². The number of hydrogen-bond donors (Lipinski definition) is 2. The Kier molecular flexibility index (Phi) is 5.31. The fraction of sp³-hybridized carbons (Fsp3) is 0.538. The van der Waals surface area contributed by atoms with E-state index in [1.165, 1.54) is 16.1 Å². The molecule has 1 saturated heterocycles. The maximum Gasteiger partial charge on any atom is 0.215 e. The Morgan fingerprint density at radius 2 is 2.15 bits per heavy atom. The molecule has 0 bridgehead atoms. The molecule has 20 heavy (non-hydrogen) atoms. The van der Waals surface area contributed by atoms with Crippen LogP contribution >= 0.6 is 11.8 Å². The Labute approximate surface area is 124 Å². The van der Waals surface area contributed by atoms with Gasteiger partial charge in [-0.2, -0.15) is 4.31 Å². The van der Waals surface area contributed by atoms with Crippen LogP contribution < -0.4 is 5.73 Å². The van der Waals surface area contributed by atoms with Crippen molar-refractivity contribution in [3.05, 3.63) is 24.3 Å². The summed E-state index contributed by atoms with van der Waals surface area (Å²) in [5, 5.41) is 9.21. The topological polar surface area (TPSA) is 83.6 Å². The van der Waals surface area contributed by atoms with Crippen LogP contribution in [0.25, 0.3) is 0 Å². The Morgan fingerprint density at radius 1 is 1.40 bits per heavy atom. The number of para-hydroxylation sites is 1. The quantitative estimate of drug-likeness (QED) is 0.607. The lowest BCUT2D eigenvalue weighted by molar-refractivity contribution is 0.213. The van der Waals surface area contributed by atoms with Crippen molar-refractivity contribution in [2.24, 2.45) is 0 Å². The van der Waals surface area contributed by atoms with Gasteiger partial charge >= 0.3 is 0 Å². The highest BCUT2D eigenvalue weighted by Gasteiger charge is 2.33. The van der Waals surface area contributed by atoms with Crippen molar-refractivity contribution in [2.45, 2.75) is 23.8 Å². The van der Waals surface area contributed by atoms with Gasteiger partial charge in [0.1, 0.15) is 0 Å². The standard InChI is InChI=1S/C13H20N2O3S2/c14-12-5-1-2-6-13(12)19-8-9-20(17,18)15-7-3-4-11(15)10-16/h1-2,5-6,11,16H,3-4,7-10,14H2/t11-/m1/s1. The number of benzene rings is 1. The number of aliphatic hydroxyl groups excluding tert-OH is 1. The fourth-order valence-corrected chi connectivity index (χ4v) is 5.42. The van der Waals surface area contributed by atoms with Crippen LogP contribution in [0.5, 0.6) is 0 Å². The molecule has 0 spiro atoms. The summed E-state index contributed by atoms with van der Waals surface area (Å²) in [6.07, 6.45) is 1.57. The normalized spacial score (nSPS) is 20.4. The fourth-order valence-electron chi connectivity index (χ4n) is 2.34. The molecule has 1 heterocycles. The van der Waals surface area contributed by atoms with Crippen LogP contribution in [0.3, 0.4) is 0 Å². The number of rotatable bonds is 6. The molecule has 1 fully saturated rings. The van der Waals surface area contributed by atoms with Crippen LogP contribution in [-0.4, -0.2) is 48.5 Å². The van der Waals surface area contributed by atoms with Gasteiger partial charge in [0.15, 0.2) is 0 Å². The second-order valence-corrected chi connectivity index (χ2v) is 7.97. The van der Waals surface area contributed by atoms with Crippen molar-refractivity contribution < 1.29 is 13.5 Å². The highest BCUT2D eigenvalue weighted by Crippen LogP contribution is 2.26. The molecule has 0 aliphatic carbocycles. The van der Waals surface area contributed by atoms with Gasteiger partial charge in [0, 0.05) is 28.9 Å². The van der Waals surface area contributed by atoms with Gasteiger partial charge in [-0.05, 0) is 25.0 Å². The highest BCUT2D eigenvalue weighted by atomic mass is 32.2. The van der Waals surface area contributed by atoms with Crippen LogP contribution in [0.15, 0.2) is 29.2 Å². The summed E-state index contributed by atoms with van der Waals surface area (Å²) in [5.74, 6) is 0.535. The molecule has 5 nitrogen and oxygen atoms in total. The van der Waals surface area contributed by atoms with Gasteiger partial charge in [-0.1, -0.05) is 12.1 Å². The Bertz CT molecular complexity index is 548. The smallest absolute Gasteiger partial charge is 0.215 e. The zero-order valence-electron chi connectivity index (χ0n) is 11.2. The average molecular weight is 316 g/mol. The van der Waals surface area contributed by atoms with Crippen molar-refractivity contribution in [3.8, 4) is 0 Å². The zero-order valence-corrected chi connectivity index (χ0v) is 12.9. The summed E-state index contributed by atoms with van der Waals surface area (Å²) in [6, 6.07) is 7.19. The minimum absolute atomic E-state index is 0.0719. The van der Waals surface area contributed by atoms with Crippen LogP contribution in [0.4, 0.5) is 5.69 Å². The molecule has 0 amide bonds. The van der Waals surface area contributed by atoms with E-state index in [4.69, 9.17) is 5.73 Å². The SMILES string of the molecule is Nc1ccccc1SCCS(=O)(=O)N1CCC[C@@H]1CO. The molecule has 3 N–H and O–H groups in total. The van der Waals surface area contributed by atoms with Gasteiger partial charge < -0.3 is 10.8 Å². The molecule has 0 aromatic heterocycles. The first-order chi connectivity index (χ1) is 9.54. The second-order valence-electron chi connectivity index (χ2n) is 4.79. The van der Waals surface area contributed by atoms with Gasteiger partial charge in [0.25, 0.3) is 0 Å².